The molecule has 6 nitrogen and oxygen atoms in total. The molecule has 1 heterocycles. The van der Waals surface area contributed by atoms with Crippen molar-refractivity contribution in [1.29, 1.82) is 0 Å². The van der Waals surface area contributed by atoms with E-state index in [4.69, 9.17) is 27.9 Å². The molecule has 120 valence electrons. The zero-order chi connectivity index (χ0) is 16.3. The van der Waals surface area contributed by atoms with Crippen LogP contribution in [0.2, 0.25) is 10.0 Å². The van der Waals surface area contributed by atoms with Gasteiger partial charge in [-0.1, -0.05) is 44.0 Å². The van der Waals surface area contributed by atoms with Gasteiger partial charge in [0.05, 0.1) is 11.6 Å². The van der Waals surface area contributed by atoms with Crippen molar-refractivity contribution in [2.24, 2.45) is 0 Å². The van der Waals surface area contributed by atoms with Gasteiger partial charge in [-0.2, -0.15) is 0 Å². The van der Waals surface area contributed by atoms with Gasteiger partial charge in [0, 0.05) is 10.4 Å². The lowest BCUT2D eigenvalue weighted by atomic mass is 9.96. The summed E-state index contributed by atoms with van der Waals surface area (Å²) < 4.78 is 7.09. The van der Waals surface area contributed by atoms with Crippen LogP contribution in [0.3, 0.4) is 0 Å². The number of aliphatic hydroxyl groups is 1. The van der Waals surface area contributed by atoms with Crippen molar-refractivity contribution in [3.05, 3.63) is 34.1 Å². The van der Waals surface area contributed by atoms with E-state index in [2.05, 4.69) is 15.5 Å². The third-order valence-corrected chi connectivity index (χ3v) is 3.44. The lowest BCUT2D eigenvalue weighted by molar-refractivity contribution is 0.0871. The van der Waals surface area contributed by atoms with E-state index in [0.717, 1.165) is 0 Å². The number of tetrazole rings is 1. The summed E-state index contributed by atoms with van der Waals surface area (Å²) in [5, 5.41) is 22.6. The average molecular weight is 345 g/mol. The van der Waals surface area contributed by atoms with Crippen LogP contribution in [0.1, 0.15) is 26.6 Å². The first-order valence-electron chi connectivity index (χ1n) is 6.80. The van der Waals surface area contributed by atoms with Crippen LogP contribution in [-0.4, -0.2) is 38.0 Å². The van der Waals surface area contributed by atoms with E-state index in [1.54, 1.807) is 22.9 Å². The summed E-state index contributed by atoms with van der Waals surface area (Å²) in [5.74, 6) is 1.17. The highest BCUT2D eigenvalue weighted by Gasteiger charge is 2.23. The Morgan fingerprint density at radius 3 is 2.68 bits per heavy atom. The molecule has 1 unspecified atom stereocenters. The van der Waals surface area contributed by atoms with Crippen molar-refractivity contribution < 1.29 is 9.84 Å². The maximum Gasteiger partial charge on any atom is 0.156 e. The van der Waals surface area contributed by atoms with Crippen molar-refractivity contribution in [1.82, 2.24) is 20.2 Å². The fourth-order valence-corrected chi connectivity index (χ4v) is 2.36. The van der Waals surface area contributed by atoms with E-state index in [1.807, 2.05) is 20.8 Å². The van der Waals surface area contributed by atoms with Crippen LogP contribution in [0.4, 0.5) is 0 Å². The van der Waals surface area contributed by atoms with Gasteiger partial charge in [-0.15, -0.1) is 5.10 Å². The zero-order valence-corrected chi connectivity index (χ0v) is 14.1. The molecule has 1 atom stereocenters. The molecular weight excluding hydrogens is 327 g/mol. The molecule has 0 spiro atoms. The second-order valence-electron chi connectivity index (χ2n) is 5.97. The summed E-state index contributed by atoms with van der Waals surface area (Å²) in [6.07, 6.45) is -0.767. The second-order valence-corrected chi connectivity index (χ2v) is 6.82. The van der Waals surface area contributed by atoms with Crippen molar-refractivity contribution in [2.45, 2.75) is 38.8 Å². The van der Waals surface area contributed by atoms with Crippen molar-refractivity contribution in [3.63, 3.8) is 0 Å². The Labute approximate surface area is 139 Å². The molecule has 0 radical (unpaired) electrons. The molecule has 1 aromatic heterocycles. The van der Waals surface area contributed by atoms with E-state index < -0.39 is 6.10 Å². The summed E-state index contributed by atoms with van der Waals surface area (Å²) >= 11 is 11.8. The SMILES string of the molecule is CC(C)(C)c1nnnn1CC(O)COc1ccc(Cl)cc1Cl. The Bertz CT molecular complexity index is 640. The molecule has 0 fully saturated rings. The first-order chi connectivity index (χ1) is 10.3. The highest BCUT2D eigenvalue weighted by atomic mass is 35.5. The number of aromatic nitrogens is 4. The molecule has 1 aromatic carbocycles. The van der Waals surface area contributed by atoms with Gasteiger partial charge >= 0.3 is 0 Å². The lowest BCUT2D eigenvalue weighted by Gasteiger charge is -2.19. The molecular formula is C14H18Cl2N4O2. The number of aliphatic hydroxyl groups excluding tert-OH is 1. The Morgan fingerprint density at radius 1 is 1.32 bits per heavy atom. The van der Waals surface area contributed by atoms with E-state index in [1.165, 1.54) is 0 Å². The first-order valence-corrected chi connectivity index (χ1v) is 7.55. The molecule has 0 saturated carbocycles. The van der Waals surface area contributed by atoms with E-state index in [-0.39, 0.29) is 18.6 Å². The van der Waals surface area contributed by atoms with E-state index in [9.17, 15) is 5.11 Å². The third kappa shape index (κ3) is 4.32. The van der Waals surface area contributed by atoms with Crippen LogP contribution in [0.5, 0.6) is 5.75 Å². The molecule has 0 aliphatic rings. The van der Waals surface area contributed by atoms with Crippen LogP contribution in [0.25, 0.3) is 0 Å². The molecule has 0 saturated heterocycles. The Balaban J connectivity index is 1.96. The number of hydrogen-bond acceptors (Lipinski definition) is 5. The van der Waals surface area contributed by atoms with Crippen LogP contribution in [0, 0.1) is 0 Å². The molecule has 0 aliphatic carbocycles. The van der Waals surface area contributed by atoms with Gasteiger partial charge in [-0.3, -0.25) is 0 Å². The molecule has 8 heteroatoms. The standard InChI is InChI=1S/C14H18Cl2N4O2/c1-14(2,3)13-17-18-19-20(13)7-10(21)8-22-12-5-4-9(15)6-11(12)16/h4-6,10,21H,7-8H2,1-3H3. The summed E-state index contributed by atoms with van der Waals surface area (Å²) in [7, 11) is 0. The minimum atomic E-state index is -0.767. The normalized spacial score (nSPS) is 13.2. The molecule has 2 aromatic rings. The Morgan fingerprint density at radius 2 is 2.05 bits per heavy atom. The Kier molecular flexibility index (Phi) is 5.26. The zero-order valence-electron chi connectivity index (χ0n) is 12.6. The quantitative estimate of drug-likeness (QED) is 0.902. The van der Waals surface area contributed by atoms with Crippen LogP contribution in [0.15, 0.2) is 18.2 Å². The minimum absolute atomic E-state index is 0.0742. The summed E-state index contributed by atoms with van der Waals surface area (Å²) in [6.45, 7) is 6.33. The van der Waals surface area contributed by atoms with Crippen molar-refractivity contribution in [2.75, 3.05) is 6.61 Å². The largest absolute Gasteiger partial charge is 0.489 e. The molecule has 0 aliphatic heterocycles. The predicted octanol–water partition coefficient (Wildman–Crippen LogP) is 2.72. The molecule has 0 amide bonds. The van der Waals surface area contributed by atoms with Gasteiger partial charge < -0.3 is 9.84 Å². The number of nitrogens with zero attached hydrogens (tertiary/aromatic N) is 4. The van der Waals surface area contributed by atoms with Crippen molar-refractivity contribution >= 4 is 23.2 Å². The topological polar surface area (TPSA) is 73.1 Å². The first kappa shape index (κ1) is 17.0. The number of rotatable bonds is 5. The minimum Gasteiger partial charge on any atom is -0.489 e. The number of benzene rings is 1. The van der Waals surface area contributed by atoms with Gasteiger partial charge in [0.1, 0.15) is 18.5 Å². The molecule has 0 bridgehead atoms. The van der Waals surface area contributed by atoms with Gasteiger partial charge in [0.2, 0.25) is 0 Å². The van der Waals surface area contributed by atoms with E-state index >= 15 is 0 Å². The maximum atomic E-state index is 10.1. The van der Waals surface area contributed by atoms with Gasteiger partial charge in [-0.05, 0) is 28.6 Å². The fraction of sp³-hybridized carbons (Fsp3) is 0.500. The summed E-state index contributed by atoms with van der Waals surface area (Å²) in [6, 6.07) is 4.92. The average Bonchev–Trinajstić information content (AvgIpc) is 2.85. The highest BCUT2D eigenvalue weighted by molar-refractivity contribution is 6.35. The Hall–Kier alpha value is -1.37. The van der Waals surface area contributed by atoms with Crippen LogP contribution >= 0.6 is 23.2 Å². The molecule has 22 heavy (non-hydrogen) atoms. The summed E-state index contributed by atoms with van der Waals surface area (Å²) in [4.78, 5) is 0. The predicted molar refractivity (Wildman–Crippen MR) is 84.5 cm³/mol. The van der Waals surface area contributed by atoms with Gasteiger partial charge in [-0.25, -0.2) is 4.68 Å². The molecule has 2 rings (SSSR count). The highest BCUT2D eigenvalue weighted by Crippen LogP contribution is 2.27. The van der Waals surface area contributed by atoms with Crippen LogP contribution < -0.4 is 4.74 Å². The van der Waals surface area contributed by atoms with E-state index in [0.29, 0.717) is 21.6 Å². The number of halogens is 2. The maximum absolute atomic E-state index is 10.1. The fourth-order valence-electron chi connectivity index (χ4n) is 1.90. The third-order valence-electron chi connectivity index (χ3n) is 2.91. The monoisotopic (exact) mass is 344 g/mol. The second kappa shape index (κ2) is 6.81. The molecule has 1 N–H and O–H groups in total. The number of hydrogen-bond donors (Lipinski definition) is 1. The number of ether oxygens (including phenoxy) is 1. The lowest BCUT2D eigenvalue weighted by Crippen LogP contribution is -2.28. The van der Waals surface area contributed by atoms with Gasteiger partial charge in [0.25, 0.3) is 0 Å². The van der Waals surface area contributed by atoms with Gasteiger partial charge in [0.15, 0.2) is 5.82 Å². The summed E-state index contributed by atoms with van der Waals surface area (Å²) in [5.41, 5.74) is -0.205. The van der Waals surface area contributed by atoms with Crippen molar-refractivity contribution in [3.8, 4) is 5.75 Å². The smallest absolute Gasteiger partial charge is 0.156 e. The van der Waals surface area contributed by atoms with Crippen LogP contribution in [-0.2, 0) is 12.0 Å².